The van der Waals surface area contributed by atoms with E-state index in [1.807, 2.05) is 4.68 Å². The Labute approximate surface area is 122 Å². The van der Waals surface area contributed by atoms with Gasteiger partial charge >= 0.3 is 0 Å². The Morgan fingerprint density at radius 3 is 2.70 bits per heavy atom. The molecule has 1 N–H and O–H groups in total. The van der Waals surface area contributed by atoms with Crippen molar-refractivity contribution in [3.05, 3.63) is 12.2 Å². The molecule has 1 fully saturated rings. The van der Waals surface area contributed by atoms with Gasteiger partial charge in [0.25, 0.3) is 0 Å². The molecule has 2 heterocycles. The Hall–Kier alpha value is -0.940. The number of piperazine rings is 1. The van der Waals surface area contributed by atoms with E-state index in [-0.39, 0.29) is 0 Å². The van der Waals surface area contributed by atoms with Gasteiger partial charge in [0.05, 0.1) is 6.54 Å². The molecule has 1 aliphatic heterocycles. The molecule has 2 rings (SSSR count). The van der Waals surface area contributed by atoms with Crippen molar-refractivity contribution in [2.75, 3.05) is 13.1 Å². The van der Waals surface area contributed by atoms with Gasteiger partial charge in [-0.25, -0.2) is 9.67 Å². The summed E-state index contributed by atoms with van der Waals surface area (Å²) in [5.74, 6) is 1.75. The maximum atomic E-state index is 4.46. The first-order valence-corrected chi connectivity index (χ1v) is 7.88. The average Bonchev–Trinajstić information content (AvgIpc) is 2.87. The monoisotopic (exact) mass is 279 g/mol. The van der Waals surface area contributed by atoms with Crippen LogP contribution in [0.2, 0.25) is 0 Å². The fraction of sp³-hybridized carbons (Fsp3) is 0.867. The molecule has 1 aliphatic rings. The van der Waals surface area contributed by atoms with Crippen molar-refractivity contribution in [2.24, 2.45) is 5.92 Å². The number of nitrogens with zero attached hydrogens (tertiary/aromatic N) is 4. The molecule has 0 aliphatic carbocycles. The minimum Gasteiger partial charge on any atom is -0.311 e. The zero-order valence-corrected chi connectivity index (χ0v) is 13.5. The van der Waals surface area contributed by atoms with Crippen LogP contribution in [0.15, 0.2) is 6.33 Å². The molecule has 114 valence electrons. The number of nitrogens with one attached hydrogen (secondary N) is 1. The summed E-state index contributed by atoms with van der Waals surface area (Å²) in [5.41, 5.74) is 0. The predicted octanol–water partition coefficient (Wildman–Crippen LogP) is 2.07. The Morgan fingerprint density at radius 2 is 2.10 bits per heavy atom. The van der Waals surface area contributed by atoms with E-state index in [0.29, 0.717) is 24.0 Å². The summed E-state index contributed by atoms with van der Waals surface area (Å²) in [6, 6.07) is 1.55. The van der Waals surface area contributed by atoms with Gasteiger partial charge < -0.3 is 5.32 Å². The van der Waals surface area contributed by atoms with Crippen molar-refractivity contribution in [1.82, 2.24) is 25.0 Å². The van der Waals surface area contributed by atoms with E-state index in [2.05, 4.69) is 54.9 Å². The smallest absolute Gasteiger partial charge is 0.141 e. The van der Waals surface area contributed by atoms with Crippen LogP contribution in [0.25, 0.3) is 0 Å². The third-order valence-electron chi connectivity index (χ3n) is 4.32. The lowest BCUT2D eigenvalue weighted by Crippen LogP contribution is -2.57. The first kappa shape index (κ1) is 15.4. The van der Waals surface area contributed by atoms with Crippen LogP contribution in [0.5, 0.6) is 0 Å². The zero-order valence-electron chi connectivity index (χ0n) is 13.5. The summed E-state index contributed by atoms with van der Waals surface area (Å²) >= 11 is 0. The van der Waals surface area contributed by atoms with Crippen molar-refractivity contribution < 1.29 is 0 Å². The quantitative estimate of drug-likeness (QED) is 0.896. The Bertz CT molecular complexity index is 412. The van der Waals surface area contributed by atoms with E-state index >= 15 is 0 Å². The van der Waals surface area contributed by atoms with Crippen molar-refractivity contribution >= 4 is 0 Å². The van der Waals surface area contributed by atoms with E-state index in [4.69, 9.17) is 0 Å². The topological polar surface area (TPSA) is 46.0 Å². The van der Waals surface area contributed by atoms with Crippen LogP contribution in [0.3, 0.4) is 0 Å². The number of hydrogen-bond donors (Lipinski definition) is 1. The highest BCUT2D eigenvalue weighted by atomic mass is 15.4. The minimum atomic E-state index is 0.372. The summed E-state index contributed by atoms with van der Waals surface area (Å²) in [5, 5.41) is 8.03. The second-order valence-electron chi connectivity index (χ2n) is 6.46. The van der Waals surface area contributed by atoms with Crippen molar-refractivity contribution in [2.45, 2.75) is 65.7 Å². The molecule has 1 aromatic heterocycles. The van der Waals surface area contributed by atoms with Gasteiger partial charge in [0, 0.05) is 31.2 Å². The van der Waals surface area contributed by atoms with E-state index < -0.39 is 0 Å². The summed E-state index contributed by atoms with van der Waals surface area (Å²) in [6.45, 7) is 14.2. The van der Waals surface area contributed by atoms with Crippen LogP contribution in [0.4, 0.5) is 0 Å². The summed E-state index contributed by atoms with van der Waals surface area (Å²) in [4.78, 5) is 7.03. The lowest BCUT2D eigenvalue weighted by Gasteiger charge is -2.41. The van der Waals surface area contributed by atoms with Gasteiger partial charge in [-0.15, -0.1) is 0 Å². The van der Waals surface area contributed by atoms with Gasteiger partial charge in [0.15, 0.2) is 0 Å². The van der Waals surface area contributed by atoms with Gasteiger partial charge in [0.2, 0.25) is 0 Å². The highest BCUT2D eigenvalue weighted by Gasteiger charge is 2.29. The SMILES string of the molecule is CCC1CNC(C(C)C)CN1Cc1ncnn1C(C)C. The van der Waals surface area contributed by atoms with Crippen LogP contribution >= 0.6 is 0 Å². The number of rotatable bonds is 5. The van der Waals surface area contributed by atoms with E-state index in [0.717, 1.165) is 25.5 Å². The Balaban J connectivity index is 2.09. The molecule has 1 saturated heterocycles. The summed E-state index contributed by atoms with van der Waals surface area (Å²) < 4.78 is 2.04. The summed E-state index contributed by atoms with van der Waals surface area (Å²) in [7, 11) is 0. The molecule has 2 atom stereocenters. The third kappa shape index (κ3) is 3.38. The van der Waals surface area contributed by atoms with E-state index in [1.54, 1.807) is 6.33 Å². The van der Waals surface area contributed by atoms with Gasteiger partial charge in [0.1, 0.15) is 12.2 Å². The van der Waals surface area contributed by atoms with Crippen LogP contribution in [-0.2, 0) is 6.54 Å². The molecule has 5 heteroatoms. The average molecular weight is 279 g/mol. The van der Waals surface area contributed by atoms with Crippen LogP contribution < -0.4 is 5.32 Å². The fourth-order valence-corrected chi connectivity index (χ4v) is 2.93. The van der Waals surface area contributed by atoms with Crippen LogP contribution in [-0.4, -0.2) is 44.8 Å². The van der Waals surface area contributed by atoms with Gasteiger partial charge in [-0.2, -0.15) is 5.10 Å². The molecule has 0 amide bonds. The van der Waals surface area contributed by atoms with Crippen molar-refractivity contribution in [3.8, 4) is 0 Å². The van der Waals surface area contributed by atoms with Gasteiger partial charge in [-0.05, 0) is 26.2 Å². The lowest BCUT2D eigenvalue weighted by molar-refractivity contribution is 0.0984. The number of hydrogen-bond acceptors (Lipinski definition) is 4. The first-order chi connectivity index (χ1) is 9.52. The second kappa shape index (κ2) is 6.68. The molecule has 0 saturated carbocycles. The fourth-order valence-electron chi connectivity index (χ4n) is 2.93. The van der Waals surface area contributed by atoms with Crippen molar-refractivity contribution in [3.63, 3.8) is 0 Å². The molecular formula is C15H29N5. The van der Waals surface area contributed by atoms with Gasteiger partial charge in [-0.3, -0.25) is 4.90 Å². The molecule has 5 nitrogen and oxygen atoms in total. The van der Waals surface area contributed by atoms with E-state index in [1.165, 1.54) is 6.42 Å². The zero-order chi connectivity index (χ0) is 14.7. The Kier molecular flexibility index (Phi) is 5.16. The highest BCUT2D eigenvalue weighted by Crippen LogP contribution is 2.18. The molecule has 2 unspecified atom stereocenters. The predicted molar refractivity (Wildman–Crippen MR) is 81.5 cm³/mol. The normalized spacial score (nSPS) is 24.8. The first-order valence-electron chi connectivity index (χ1n) is 7.88. The summed E-state index contributed by atoms with van der Waals surface area (Å²) in [6.07, 6.45) is 2.85. The van der Waals surface area contributed by atoms with Gasteiger partial charge in [-0.1, -0.05) is 20.8 Å². The molecule has 0 aromatic carbocycles. The second-order valence-corrected chi connectivity index (χ2v) is 6.46. The standard InChI is InChI=1S/C15H29N5/c1-6-13-7-16-14(11(2)3)8-19(13)9-15-17-10-18-20(15)12(4)5/h10-14,16H,6-9H2,1-5H3. The molecule has 0 spiro atoms. The molecular weight excluding hydrogens is 250 g/mol. The number of aromatic nitrogens is 3. The van der Waals surface area contributed by atoms with Crippen LogP contribution in [0, 0.1) is 5.92 Å². The third-order valence-corrected chi connectivity index (χ3v) is 4.32. The lowest BCUT2D eigenvalue weighted by atomic mass is 9.98. The minimum absolute atomic E-state index is 0.372. The molecule has 0 radical (unpaired) electrons. The van der Waals surface area contributed by atoms with Crippen LogP contribution in [0.1, 0.15) is 52.9 Å². The van der Waals surface area contributed by atoms with Crippen molar-refractivity contribution in [1.29, 1.82) is 0 Å². The maximum absolute atomic E-state index is 4.46. The highest BCUT2D eigenvalue weighted by molar-refractivity contribution is 4.93. The Morgan fingerprint density at radius 1 is 1.35 bits per heavy atom. The molecule has 0 bridgehead atoms. The molecule has 20 heavy (non-hydrogen) atoms. The largest absolute Gasteiger partial charge is 0.311 e. The van der Waals surface area contributed by atoms with E-state index in [9.17, 15) is 0 Å². The molecule has 1 aromatic rings. The maximum Gasteiger partial charge on any atom is 0.141 e.